The molecule has 2 N–H and O–H groups in total. The van der Waals surface area contributed by atoms with E-state index in [9.17, 15) is 14.9 Å². The van der Waals surface area contributed by atoms with E-state index in [-0.39, 0.29) is 22.7 Å². The summed E-state index contributed by atoms with van der Waals surface area (Å²) < 4.78 is 20.4. The van der Waals surface area contributed by atoms with Crippen molar-refractivity contribution in [3.8, 4) is 17.6 Å². The molecule has 9 heteroatoms. The van der Waals surface area contributed by atoms with Gasteiger partial charge in [-0.15, -0.1) is 0 Å². The first kappa shape index (κ1) is 23.2. The molecule has 9 nitrogen and oxygen atoms in total. The van der Waals surface area contributed by atoms with Gasteiger partial charge in [-0.05, 0) is 42.0 Å². The number of carbonyl (C=O) groups is 2. The molecule has 0 saturated carbocycles. The van der Waals surface area contributed by atoms with Crippen molar-refractivity contribution >= 4 is 17.6 Å². The van der Waals surface area contributed by atoms with Gasteiger partial charge in [-0.1, -0.05) is 12.1 Å². The molecule has 1 unspecified atom stereocenters. The molecular weight excluding hydrogens is 426 g/mol. The Balaban J connectivity index is 2.35. The fourth-order valence-electron chi connectivity index (χ4n) is 3.66. The van der Waals surface area contributed by atoms with Crippen molar-refractivity contribution in [2.45, 2.75) is 5.92 Å². The average Bonchev–Trinajstić information content (AvgIpc) is 2.87. The summed E-state index contributed by atoms with van der Waals surface area (Å²) in [7, 11) is 5.43. The molecule has 33 heavy (non-hydrogen) atoms. The molecule has 1 aliphatic rings. The van der Waals surface area contributed by atoms with Gasteiger partial charge in [-0.25, -0.2) is 9.59 Å². The second-order valence-electron chi connectivity index (χ2n) is 6.90. The van der Waals surface area contributed by atoms with E-state index < -0.39 is 17.9 Å². The van der Waals surface area contributed by atoms with E-state index in [1.165, 1.54) is 33.3 Å². The van der Waals surface area contributed by atoms with E-state index in [0.717, 1.165) is 0 Å². The molecule has 3 rings (SSSR count). The Labute approximate surface area is 191 Å². The number of esters is 2. The van der Waals surface area contributed by atoms with Crippen molar-refractivity contribution in [3.05, 3.63) is 76.8 Å². The summed E-state index contributed by atoms with van der Waals surface area (Å²) in [4.78, 5) is 27.3. The normalized spacial score (nSPS) is 15.6. The standard InChI is InChI=1S/C24H23N3O6/c1-30-16-9-5-14(6-10-16)19-18(13-25)22(26)27(15-7-11-17(31-2)12-8-15)21(24(29)33-4)20(19)23(28)32-3/h5-12,19H,26H2,1-4H3. The van der Waals surface area contributed by atoms with Crippen molar-refractivity contribution < 1.29 is 28.5 Å². The van der Waals surface area contributed by atoms with Gasteiger partial charge in [0.15, 0.2) is 0 Å². The first-order valence-corrected chi connectivity index (χ1v) is 9.80. The van der Waals surface area contributed by atoms with Crippen molar-refractivity contribution in [2.24, 2.45) is 5.73 Å². The average molecular weight is 449 g/mol. The van der Waals surface area contributed by atoms with Crippen LogP contribution in [0.4, 0.5) is 5.69 Å². The Morgan fingerprint density at radius 2 is 1.39 bits per heavy atom. The lowest BCUT2D eigenvalue weighted by Gasteiger charge is -2.35. The number of ether oxygens (including phenoxy) is 4. The number of nitriles is 1. The monoisotopic (exact) mass is 449 g/mol. The number of carbonyl (C=O) groups excluding carboxylic acids is 2. The summed E-state index contributed by atoms with van der Waals surface area (Å²) in [5.74, 6) is -1.43. The second-order valence-corrected chi connectivity index (χ2v) is 6.90. The maximum Gasteiger partial charge on any atom is 0.355 e. The number of hydrogen-bond acceptors (Lipinski definition) is 9. The van der Waals surface area contributed by atoms with E-state index in [0.29, 0.717) is 22.7 Å². The molecule has 0 fully saturated rings. The SMILES string of the molecule is COC(=O)C1=C(C(=O)OC)N(c2ccc(OC)cc2)C(N)=C(C#N)C1c1ccc(OC)cc1. The van der Waals surface area contributed by atoms with Gasteiger partial charge in [0.1, 0.15) is 23.0 Å². The Morgan fingerprint density at radius 3 is 1.85 bits per heavy atom. The van der Waals surface area contributed by atoms with Crippen LogP contribution in [0.5, 0.6) is 11.5 Å². The zero-order chi connectivity index (χ0) is 24.1. The maximum absolute atomic E-state index is 13.0. The minimum Gasteiger partial charge on any atom is -0.497 e. The van der Waals surface area contributed by atoms with Crippen LogP contribution in [0.2, 0.25) is 0 Å². The molecule has 0 amide bonds. The molecule has 0 radical (unpaired) electrons. The molecule has 1 heterocycles. The lowest BCUT2D eigenvalue weighted by molar-refractivity contribution is -0.139. The number of methoxy groups -OCH3 is 4. The van der Waals surface area contributed by atoms with E-state index in [2.05, 4.69) is 6.07 Å². The maximum atomic E-state index is 13.0. The quantitative estimate of drug-likeness (QED) is 0.663. The Bertz CT molecular complexity index is 1160. The van der Waals surface area contributed by atoms with Gasteiger partial charge in [-0.3, -0.25) is 4.90 Å². The molecular formula is C24H23N3O6. The number of allylic oxidation sites excluding steroid dienone is 1. The summed E-state index contributed by atoms with van der Waals surface area (Å²) in [6.45, 7) is 0. The Kier molecular flexibility index (Phi) is 6.88. The number of nitrogens with zero attached hydrogens (tertiary/aromatic N) is 2. The van der Waals surface area contributed by atoms with Crippen LogP contribution in [-0.2, 0) is 19.1 Å². The smallest absolute Gasteiger partial charge is 0.355 e. The van der Waals surface area contributed by atoms with Crippen LogP contribution in [0, 0.1) is 11.3 Å². The predicted octanol–water partition coefficient (Wildman–Crippen LogP) is 2.60. The largest absolute Gasteiger partial charge is 0.497 e. The predicted molar refractivity (Wildman–Crippen MR) is 119 cm³/mol. The van der Waals surface area contributed by atoms with E-state index >= 15 is 0 Å². The number of hydrogen-bond donors (Lipinski definition) is 1. The lowest BCUT2D eigenvalue weighted by Crippen LogP contribution is -2.40. The molecule has 170 valence electrons. The van der Waals surface area contributed by atoms with Gasteiger partial charge in [0.2, 0.25) is 0 Å². The third-order valence-corrected chi connectivity index (χ3v) is 5.26. The van der Waals surface area contributed by atoms with Crippen molar-refractivity contribution in [1.82, 2.24) is 0 Å². The van der Waals surface area contributed by atoms with E-state index in [1.54, 1.807) is 48.5 Å². The topological polar surface area (TPSA) is 124 Å². The van der Waals surface area contributed by atoms with Gasteiger partial charge in [0.05, 0.1) is 51.6 Å². The first-order valence-electron chi connectivity index (χ1n) is 9.80. The summed E-state index contributed by atoms with van der Waals surface area (Å²) in [5, 5.41) is 10.0. The molecule has 1 atom stereocenters. The molecule has 0 saturated heterocycles. The van der Waals surface area contributed by atoms with Gasteiger partial charge in [0.25, 0.3) is 0 Å². The van der Waals surface area contributed by atoms with Crippen LogP contribution in [-0.4, -0.2) is 40.4 Å². The van der Waals surface area contributed by atoms with Crippen LogP contribution in [0.15, 0.2) is 71.2 Å². The van der Waals surface area contributed by atoms with Crippen LogP contribution in [0.1, 0.15) is 11.5 Å². The molecule has 2 aromatic rings. The number of nitrogens with two attached hydrogens (primary N) is 1. The molecule has 1 aliphatic heterocycles. The Morgan fingerprint density at radius 1 is 0.879 bits per heavy atom. The summed E-state index contributed by atoms with van der Waals surface area (Å²) >= 11 is 0. The van der Waals surface area contributed by atoms with E-state index in [4.69, 9.17) is 24.7 Å². The number of rotatable bonds is 6. The van der Waals surface area contributed by atoms with Crippen molar-refractivity contribution in [2.75, 3.05) is 33.3 Å². The molecule has 0 aromatic heterocycles. The highest BCUT2D eigenvalue weighted by molar-refractivity contribution is 6.06. The zero-order valence-corrected chi connectivity index (χ0v) is 18.6. The molecule has 0 bridgehead atoms. The van der Waals surface area contributed by atoms with Crippen molar-refractivity contribution in [3.63, 3.8) is 0 Å². The summed E-state index contributed by atoms with van der Waals surface area (Å²) in [6, 6.07) is 15.5. The lowest BCUT2D eigenvalue weighted by atomic mass is 9.81. The van der Waals surface area contributed by atoms with Crippen LogP contribution < -0.4 is 20.1 Å². The van der Waals surface area contributed by atoms with E-state index in [1.807, 2.05) is 0 Å². The summed E-state index contributed by atoms with van der Waals surface area (Å²) in [5.41, 5.74) is 7.27. The molecule has 0 spiro atoms. The molecule has 2 aromatic carbocycles. The fraction of sp³-hybridized carbons (Fsp3) is 0.208. The number of benzene rings is 2. The molecule has 0 aliphatic carbocycles. The van der Waals surface area contributed by atoms with Crippen LogP contribution >= 0.6 is 0 Å². The summed E-state index contributed by atoms with van der Waals surface area (Å²) in [6.07, 6.45) is 0. The first-order chi connectivity index (χ1) is 15.9. The highest BCUT2D eigenvalue weighted by Gasteiger charge is 2.43. The Hall–Kier alpha value is -4.45. The van der Waals surface area contributed by atoms with Gasteiger partial charge < -0.3 is 24.7 Å². The number of anilines is 1. The highest BCUT2D eigenvalue weighted by atomic mass is 16.5. The zero-order valence-electron chi connectivity index (χ0n) is 18.6. The van der Waals surface area contributed by atoms with Gasteiger partial charge in [0, 0.05) is 5.69 Å². The van der Waals surface area contributed by atoms with Gasteiger partial charge >= 0.3 is 11.9 Å². The van der Waals surface area contributed by atoms with Crippen molar-refractivity contribution in [1.29, 1.82) is 5.26 Å². The van der Waals surface area contributed by atoms with Crippen LogP contribution in [0.25, 0.3) is 0 Å². The minimum absolute atomic E-state index is 0.0171. The minimum atomic E-state index is -0.961. The van der Waals surface area contributed by atoms with Gasteiger partial charge in [-0.2, -0.15) is 5.26 Å². The fourth-order valence-corrected chi connectivity index (χ4v) is 3.66. The highest BCUT2D eigenvalue weighted by Crippen LogP contribution is 2.43. The second kappa shape index (κ2) is 9.78. The third-order valence-electron chi connectivity index (χ3n) is 5.26. The third kappa shape index (κ3) is 4.19. The van der Waals surface area contributed by atoms with Crippen LogP contribution in [0.3, 0.4) is 0 Å².